The van der Waals surface area contributed by atoms with Crippen molar-refractivity contribution in [3.8, 4) is 0 Å². The van der Waals surface area contributed by atoms with E-state index in [4.69, 9.17) is 0 Å². The molecule has 1 heterocycles. The molecule has 1 unspecified atom stereocenters. The third-order valence-electron chi connectivity index (χ3n) is 4.07. The van der Waals surface area contributed by atoms with Crippen molar-refractivity contribution in [2.45, 2.75) is 45.2 Å². The van der Waals surface area contributed by atoms with Crippen LogP contribution in [0.15, 0.2) is 30.5 Å². The average molecular weight is 242 g/mol. The molecule has 18 heavy (non-hydrogen) atoms. The maximum Gasteiger partial charge on any atom is 0.0457 e. The fourth-order valence-electron chi connectivity index (χ4n) is 2.71. The van der Waals surface area contributed by atoms with Crippen molar-refractivity contribution in [1.82, 2.24) is 10.3 Å². The van der Waals surface area contributed by atoms with Gasteiger partial charge in [-0.25, -0.2) is 0 Å². The Bertz CT molecular complexity index is 511. The summed E-state index contributed by atoms with van der Waals surface area (Å²) in [6.45, 7) is 3.28. The van der Waals surface area contributed by atoms with Crippen LogP contribution in [0.2, 0.25) is 0 Å². The predicted molar refractivity (Wildman–Crippen MR) is 76.6 cm³/mol. The van der Waals surface area contributed by atoms with Gasteiger partial charge in [0.2, 0.25) is 0 Å². The molecule has 2 nitrogen and oxygen atoms in total. The summed E-state index contributed by atoms with van der Waals surface area (Å²) in [5.41, 5.74) is 2.65. The van der Waals surface area contributed by atoms with Crippen LogP contribution in [-0.4, -0.2) is 11.0 Å². The molecule has 96 valence electrons. The van der Waals surface area contributed by atoms with Gasteiger partial charge in [0.25, 0.3) is 0 Å². The Kier molecular flexibility index (Phi) is 3.37. The number of hydrogen-bond acceptors (Lipinski definition) is 1. The third-order valence-corrected chi connectivity index (χ3v) is 4.07. The minimum Gasteiger partial charge on any atom is -0.361 e. The summed E-state index contributed by atoms with van der Waals surface area (Å²) < 4.78 is 0. The molecule has 2 aromatic rings. The first kappa shape index (κ1) is 11.8. The van der Waals surface area contributed by atoms with E-state index < -0.39 is 0 Å². The minimum atomic E-state index is 0.687. The van der Waals surface area contributed by atoms with Crippen molar-refractivity contribution in [3.05, 3.63) is 36.0 Å². The van der Waals surface area contributed by atoms with Gasteiger partial charge in [-0.1, -0.05) is 31.9 Å². The molecule has 1 aliphatic carbocycles. The Morgan fingerprint density at radius 3 is 3.00 bits per heavy atom. The standard InChI is InChI=1S/C16H22N2/c1-2-14(10-12-6-7-12)18-11-13-4-3-5-16-15(13)8-9-17-16/h3-5,8-9,12,14,17-18H,2,6-7,10-11H2,1H3. The zero-order valence-corrected chi connectivity index (χ0v) is 11.1. The van der Waals surface area contributed by atoms with E-state index in [9.17, 15) is 0 Å². The number of nitrogens with one attached hydrogen (secondary N) is 2. The third kappa shape index (κ3) is 2.59. The number of aromatic nitrogens is 1. The highest BCUT2D eigenvalue weighted by Gasteiger charge is 2.24. The molecule has 1 aliphatic rings. The second-order valence-corrected chi connectivity index (χ2v) is 5.52. The van der Waals surface area contributed by atoms with Gasteiger partial charge in [0, 0.05) is 29.7 Å². The van der Waals surface area contributed by atoms with Crippen molar-refractivity contribution in [1.29, 1.82) is 0 Å². The van der Waals surface area contributed by atoms with Crippen molar-refractivity contribution >= 4 is 10.9 Å². The first-order valence-electron chi connectivity index (χ1n) is 7.15. The normalized spacial score (nSPS) is 17.2. The lowest BCUT2D eigenvalue weighted by Crippen LogP contribution is -2.28. The van der Waals surface area contributed by atoms with Crippen LogP contribution >= 0.6 is 0 Å². The lowest BCUT2D eigenvalue weighted by atomic mass is 10.1. The van der Waals surface area contributed by atoms with E-state index in [-0.39, 0.29) is 0 Å². The van der Waals surface area contributed by atoms with Gasteiger partial charge in [-0.3, -0.25) is 0 Å². The molecule has 0 radical (unpaired) electrons. The number of fused-ring (bicyclic) bond motifs is 1. The Labute approximate surface area is 109 Å². The summed E-state index contributed by atoms with van der Waals surface area (Å²) >= 11 is 0. The molecule has 0 saturated heterocycles. The number of H-pyrrole nitrogens is 1. The average Bonchev–Trinajstić information content (AvgIpc) is 3.08. The van der Waals surface area contributed by atoms with E-state index >= 15 is 0 Å². The van der Waals surface area contributed by atoms with E-state index in [1.807, 2.05) is 6.20 Å². The fourth-order valence-corrected chi connectivity index (χ4v) is 2.71. The smallest absolute Gasteiger partial charge is 0.0457 e. The molecule has 1 aromatic carbocycles. The minimum absolute atomic E-state index is 0.687. The number of hydrogen-bond donors (Lipinski definition) is 2. The van der Waals surface area contributed by atoms with Crippen LogP contribution in [0.4, 0.5) is 0 Å². The lowest BCUT2D eigenvalue weighted by molar-refractivity contribution is 0.445. The number of aromatic amines is 1. The second-order valence-electron chi connectivity index (χ2n) is 5.52. The first-order valence-corrected chi connectivity index (χ1v) is 7.15. The quantitative estimate of drug-likeness (QED) is 0.791. The van der Waals surface area contributed by atoms with Gasteiger partial charge in [-0.2, -0.15) is 0 Å². The molecule has 0 aliphatic heterocycles. The van der Waals surface area contributed by atoms with E-state index in [1.54, 1.807) is 0 Å². The topological polar surface area (TPSA) is 27.8 Å². The summed E-state index contributed by atoms with van der Waals surface area (Å²) in [5.74, 6) is 1.01. The Morgan fingerprint density at radius 1 is 1.33 bits per heavy atom. The molecule has 0 bridgehead atoms. The molecular formula is C16H22N2. The van der Waals surface area contributed by atoms with Gasteiger partial charge in [0.15, 0.2) is 0 Å². The van der Waals surface area contributed by atoms with E-state index in [0.717, 1.165) is 12.5 Å². The molecular weight excluding hydrogens is 220 g/mol. The summed E-state index contributed by atoms with van der Waals surface area (Å²) in [6.07, 6.45) is 7.52. The molecule has 3 rings (SSSR count). The van der Waals surface area contributed by atoms with Crippen LogP contribution in [0.1, 0.15) is 38.2 Å². The van der Waals surface area contributed by atoms with Crippen LogP contribution in [0.25, 0.3) is 10.9 Å². The van der Waals surface area contributed by atoms with E-state index in [2.05, 4.69) is 41.5 Å². The lowest BCUT2D eigenvalue weighted by Gasteiger charge is -2.17. The van der Waals surface area contributed by atoms with Crippen LogP contribution in [-0.2, 0) is 6.54 Å². The monoisotopic (exact) mass is 242 g/mol. The fraction of sp³-hybridized carbons (Fsp3) is 0.500. The van der Waals surface area contributed by atoms with Crippen molar-refractivity contribution < 1.29 is 0 Å². The van der Waals surface area contributed by atoms with E-state index in [0.29, 0.717) is 6.04 Å². The molecule has 2 N–H and O–H groups in total. The molecule has 1 aromatic heterocycles. The van der Waals surface area contributed by atoms with Gasteiger partial charge < -0.3 is 10.3 Å². The molecule has 0 amide bonds. The summed E-state index contributed by atoms with van der Waals surface area (Å²) in [7, 11) is 0. The van der Waals surface area contributed by atoms with Gasteiger partial charge in [-0.15, -0.1) is 0 Å². The molecule has 1 saturated carbocycles. The Hall–Kier alpha value is -1.28. The molecule has 1 fully saturated rings. The van der Waals surface area contributed by atoms with Crippen molar-refractivity contribution in [2.75, 3.05) is 0 Å². The summed E-state index contributed by atoms with van der Waals surface area (Å²) in [5, 5.41) is 5.08. The van der Waals surface area contributed by atoms with Gasteiger partial charge in [0.05, 0.1) is 0 Å². The van der Waals surface area contributed by atoms with Gasteiger partial charge in [-0.05, 0) is 36.5 Å². The predicted octanol–water partition coefficient (Wildman–Crippen LogP) is 3.84. The zero-order chi connectivity index (χ0) is 12.4. The van der Waals surface area contributed by atoms with Crippen molar-refractivity contribution in [2.24, 2.45) is 5.92 Å². The van der Waals surface area contributed by atoms with E-state index in [1.165, 1.54) is 42.1 Å². The highest BCUT2D eigenvalue weighted by molar-refractivity contribution is 5.82. The highest BCUT2D eigenvalue weighted by Crippen LogP contribution is 2.34. The zero-order valence-electron chi connectivity index (χ0n) is 11.1. The molecule has 1 atom stereocenters. The van der Waals surface area contributed by atoms with Crippen LogP contribution in [0.3, 0.4) is 0 Å². The number of benzene rings is 1. The van der Waals surface area contributed by atoms with Crippen LogP contribution in [0, 0.1) is 5.92 Å². The summed E-state index contributed by atoms with van der Waals surface area (Å²) in [4.78, 5) is 3.28. The Morgan fingerprint density at radius 2 is 2.22 bits per heavy atom. The second kappa shape index (κ2) is 5.15. The molecule has 2 heteroatoms. The Balaban J connectivity index is 1.65. The number of rotatable bonds is 6. The van der Waals surface area contributed by atoms with Crippen LogP contribution < -0.4 is 5.32 Å². The molecule has 0 spiro atoms. The first-order chi connectivity index (χ1) is 8.86. The SMILES string of the molecule is CCC(CC1CC1)NCc1cccc2[nH]ccc12. The largest absolute Gasteiger partial charge is 0.361 e. The van der Waals surface area contributed by atoms with Gasteiger partial charge >= 0.3 is 0 Å². The van der Waals surface area contributed by atoms with Crippen molar-refractivity contribution in [3.63, 3.8) is 0 Å². The maximum atomic E-state index is 3.73. The summed E-state index contributed by atoms with van der Waals surface area (Å²) in [6, 6.07) is 9.37. The maximum absolute atomic E-state index is 3.73. The highest BCUT2D eigenvalue weighted by atomic mass is 14.9. The van der Waals surface area contributed by atoms with Crippen LogP contribution in [0.5, 0.6) is 0 Å². The van der Waals surface area contributed by atoms with Gasteiger partial charge in [0.1, 0.15) is 0 Å².